The van der Waals surface area contributed by atoms with Crippen molar-refractivity contribution in [2.45, 2.75) is 66.2 Å². The van der Waals surface area contributed by atoms with Gasteiger partial charge in [0.25, 0.3) is 0 Å². The molecule has 0 N–H and O–H groups in total. The number of benzene rings is 2. The second-order valence-corrected chi connectivity index (χ2v) is 20.6. The zero-order valence-electron chi connectivity index (χ0n) is 18.2. The summed E-state index contributed by atoms with van der Waals surface area (Å²) in [5.41, 5.74) is 4.07. The fourth-order valence-electron chi connectivity index (χ4n) is 3.07. The van der Waals surface area contributed by atoms with Crippen LogP contribution in [0, 0.1) is 13.8 Å². The Bertz CT molecular complexity index is 873. The molecule has 154 valence electrons. The molecule has 2 nitrogen and oxygen atoms in total. The molecule has 0 aliphatic rings. The molecule has 2 rings (SSSR count). The first-order valence-electron chi connectivity index (χ1n) is 9.52. The first-order chi connectivity index (χ1) is 12.5. The van der Waals surface area contributed by atoms with Gasteiger partial charge in [0.2, 0.25) is 0 Å². The van der Waals surface area contributed by atoms with Crippen LogP contribution >= 0.6 is 18.6 Å². The third-order valence-corrected chi connectivity index (χ3v) is 7.64. The van der Waals surface area contributed by atoms with Crippen LogP contribution in [0.4, 0.5) is 0 Å². The maximum atomic E-state index is 6.79. The molecule has 0 bridgehead atoms. The molecule has 0 radical (unpaired) electrons. The summed E-state index contributed by atoms with van der Waals surface area (Å²) in [6.45, 7) is 16.9. The third kappa shape index (κ3) is 6.10. The summed E-state index contributed by atoms with van der Waals surface area (Å²) >= 11 is -5.02. The minimum atomic E-state index is -5.02. The van der Waals surface area contributed by atoms with Gasteiger partial charge in [0.1, 0.15) is 0 Å². The average molecular weight is 459 g/mol. The molecule has 28 heavy (non-hydrogen) atoms. The first-order valence-corrected chi connectivity index (χ1v) is 16.2. The van der Waals surface area contributed by atoms with Crippen molar-refractivity contribution in [1.82, 2.24) is 0 Å². The Morgan fingerprint density at radius 3 is 1.32 bits per heavy atom. The zero-order chi connectivity index (χ0) is 21.6. The van der Waals surface area contributed by atoms with Gasteiger partial charge in [-0.2, -0.15) is 0 Å². The van der Waals surface area contributed by atoms with Crippen LogP contribution in [0.2, 0.25) is 0 Å². The topological polar surface area (TPSA) is 18.5 Å². The molecule has 0 saturated carbocycles. The Hall–Kier alpha value is -0.796. The summed E-state index contributed by atoms with van der Waals surface area (Å²) in [4.78, 5) is 4.06. The predicted molar refractivity (Wildman–Crippen MR) is 120 cm³/mol. The van der Waals surface area contributed by atoms with Crippen LogP contribution < -0.4 is 6.64 Å². The van der Waals surface area contributed by atoms with Crippen LogP contribution in [0.25, 0.3) is 0 Å². The summed E-state index contributed by atoms with van der Waals surface area (Å²) in [6, 6.07) is 12.0. The molecule has 5 heteroatoms. The standard InChI is InChI=1S/2C11H16O.CH2.2ClH.Ti/c2*1-8-5-6-10(12)9(7-8)11(2,3)4;;;;/h2*5-7,12H,1-4H3;1H2;2*1H;/q;;;;;+4/p-4. The predicted octanol–water partition coefficient (Wildman–Crippen LogP) is 7.62. The second kappa shape index (κ2) is 7.47. The van der Waals surface area contributed by atoms with Gasteiger partial charge < -0.3 is 0 Å². The van der Waals surface area contributed by atoms with Gasteiger partial charge in [0.15, 0.2) is 0 Å². The molecule has 0 aromatic heterocycles. The number of aryl methyl sites for hydroxylation is 2. The number of halogens is 2. The molecule has 0 aliphatic heterocycles. The Labute approximate surface area is 179 Å². The van der Waals surface area contributed by atoms with Gasteiger partial charge >= 0.3 is 180 Å². The van der Waals surface area contributed by atoms with Gasteiger partial charge in [-0.3, -0.25) is 0 Å². The molecular weight excluding hydrogens is 427 g/mol. The molecule has 0 heterocycles. The van der Waals surface area contributed by atoms with Crippen molar-refractivity contribution in [3.63, 3.8) is 0 Å². The van der Waals surface area contributed by atoms with E-state index in [1.165, 1.54) is 0 Å². The molecule has 0 unspecified atom stereocenters. The van der Waals surface area contributed by atoms with Gasteiger partial charge in [-0.25, -0.2) is 0 Å². The quantitative estimate of drug-likeness (QED) is 0.438. The van der Waals surface area contributed by atoms with E-state index >= 15 is 0 Å². The maximum absolute atomic E-state index is 6.79. The number of hydrogen-bond donors (Lipinski definition) is 0. The van der Waals surface area contributed by atoms with E-state index in [0.717, 1.165) is 22.3 Å². The Kier molecular flexibility index (Phi) is 6.27. The Balaban J connectivity index is 2.50. The van der Waals surface area contributed by atoms with Gasteiger partial charge in [0, 0.05) is 0 Å². The zero-order valence-corrected chi connectivity index (χ0v) is 21.3. The van der Waals surface area contributed by atoms with Gasteiger partial charge in [-0.1, -0.05) is 0 Å². The molecular formula is C23H32Cl2O2Ti. The molecule has 0 saturated heterocycles. The van der Waals surface area contributed by atoms with E-state index in [9.17, 15) is 0 Å². The normalized spacial score (nSPS) is 13.4. The van der Waals surface area contributed by atoms with Gasteiger partial charge in [-0.05, 0) is 0 Å². The Morgan fingerprint density at radius 1 is 0.714 bits per heavy atom. The van der Waals surface area contributed by atoms with Gasteiger partial charge in [-0.15, -0.1) is 0 Å². The molecule has 2 aromatic rings. The minimum absolute atomic E-state index is 0.134. The Morgan fingerprint density at radius 2 is 1.04 bits per heavy atom. The van der Waals surface area contributed by atoms with Crippen LogP contribution in [0.5, 0.6) is 11.5 Å². The van der Waals surface area contributed by atoms with Crippen molar-refractivity contribution in [3.05, 3.63) is 58.7 Å². The summed E-state index contributed by atoms with van der Waals surface area (Å²) < 4.78 is 12.4. The van der Waals surface area contributed by atoms with Crippen molar-refractivity contribution in [3.8, 4) is 11.5 Å². The molecule has 0 atom stereocenters. The van der Waals surface area contributed by atoms with E-state index in [0.29, 0.717) is 11.5 Å². The van der Waals surface area contributed by atoms with E-state index in [1.54, 1.807) is 0 Å². The van der Waals surface area contributed by atoms with E-state index < -0.39 is 13.5 Å². The summed E-state index contributed by atoms with van der Waals surface area (Å²) in [5, 5.41) is 0. The number of rotatable bonds is 4. The van der Waals surface area contributed by atoms with Crippen LogP contribution in [-0.4, -0.2) is 4.82 Å². The second-order valence-electron chi connectivity index (χ2n) is 9.72. The van der Waals surface area contributed by atoms with Crippen molar-refractivity contribution in [1.29, 1.82) is 0 Å². The average Bonchev–Trinajstić information content (AvgIpc) is 2.48. The first kappa shape index (κ1) is 23.5. The van der Waals surface area contributed by atoms with E-state index in [2.05, 4.69) is 58.5 Å². The van der Waals surface area contributed by atoms with Crippen LogP contribution in [0.15, 0.2) is 36.4 Å². The fraction of sp³-hybridized carbons (Fsp3) is 0.435. The van der Waals surface area contributed by atoms with Crippen molar-refractivity contribution >= 4 is 23.4 Å². The van der Waals surface area contributed by atoms with E-state index in [4.69, 9.17) is 25.2 Å². The monoisotopic (exact) mass is 458 g/mol. The summed E-state index contributed by atoms with van der Waals surface area (Å²) in [5.74, 6) is 1.25. The van der Waals surface area contributed by atoms with Crippen molar-refractivity contribution in [2.75, 3.05) is 0 Å². The van der Waals surface area contributed by atoms with Crippen LogP contribution in [0.3, 0.4) is 0 Å². The summed E-state index contributed by atoms with van der Waals surface area (Å²) in [7, 11) is 13.6. The van der Waals surface area contributed by atoms with Crippen LogP contribution in [-0.2, 0) is 24.3 Å². The fourth-order valence-corrected chi connectivity index (χ4v) is 6.35. The molecule has 0 aliphatic carbocycles. The van der Waals surface area contributed by atoms with Crippen molar-refractivity contribution in [2.24, 2.45) is 0 Å². The molecule has 0 spiro atoms. The van der Waals surface area contributed by atoms with E-state index in [-0.39, 0.29) is 10.8 Å². The molecule has 0 fully saturated rings. The van der Waals surface area contributed by atoms with Crippen LogP contribution in [0.1, 0.15) is 63.8 Å². The number of hydrogen-bond acceptors (Lipinski definition) is 2. The van der Waals surface area contributed by atoms with E-state index in [1.807, 2.05) is 38.1 Å². The summed E-state index contributed by atoms with van der Waals surface area (Å²) in [6.07, 6.45) is 0. The van der Waals surface area contributed by atoms with Crippen molar-refractivity contribution < 1.29 is 20.1 Å². The molecule has 2 aromatic carbocycles. The van der Waals surface area contributed by atoms with Gasteiger partial charge in [0.05, 0.1) is 0 Å². The SMILES string of the molecule is [CH2]=[Ti]([Cl])([Cl])([O]c1ccc(C)cc1C(C)(C)C)[O]c1ccc(C)cc1C(C)(C)C. The molecule has 0 amide bonds. The third-order valence-electron chi connectivity index (χ3n) is 4.49.